The van der Waals surface area contributed by atoms with Crippen molar-refractivity contribution in [1.29, 1.82) is 0 Å². The summed E-state index contributed by atoms with van der Waals surface area (Å²) in [6.07, 6.45) is 1.15. The van der Waals surface area contributed by atoms with Crippen molar-refractivity contribution in [1.82, 2.24) is 0 Å². The topological polar surface area (TPSA) is 26.3 Å². The van der Waals surface area contributed by atoms with E-state index in [4.69, 9.17) is 0 Å². The van der Waals surface area contributed by atoms with Crippen LogP contribution in [0.3, 0.4) is 0 Å². The molecule has 2 heteroatoms. The van der Waals surface area contributed by atoms with E-state index in [2.05, 4.69) is 11.3 Å². The number of ether oxygens (including phenoxy) is 1. The molecule has 0 aliphatic heterocycles. The van der Waals surface area contributed by atoms with Gasteiger partial charge in [-0.1, -0.05) is 36.9 Å². The van der Waals surface area contributed by atoms with Crippen LogP contribution in [-0.4, -0.2) is 5.97 Å². The second kappa shape index (κ2) is 4.45. The number of rotatable bonds is 3. The lowest BCUT2D eigenvalue weighted by Crippen LogP contribution is -2.09. The number of carbonyl (C=O) groups is 1. The van der Waals surface area contributed by atoms with Crippen LogP contribution >= 0.6 is 0 Å². The second-order valence-electron chi connectivity index (χ2n) is 2.74. The Morgan fingerprint density at radius 3 is 2.62 bits per heavy atom. The highest BCUT2D eigenvalue weighted by molar-refractivity contribution is 5.78. The summed E-state index contributed by atoms with van der Waals surface area (Å²) >= 11 is 0. The maximum Gasteiger partial charge on any atom is 0.317 e. The number of hydrogen-bond acceptors (Lipinski definition) is 2. The predicted octanol–water partition coefficient (Wildman–Crippen LogP) is 2.48. The molecule has 0 heterocycles. The Bertz CT molecular complexity index is 290. The molecule has 0 bridgehead atoms. The number of esters is 1. The fourth-order valence-corrected chi connectivity index (χ4v) is 1.06. The van der Waals surface area contributed by atoms with E-state index in [9.17, 15) is 4.79 Å². The van der Waals surface area contributed by atoms with Gasteiger partial charge < -0.3 is 4.74 Å². The molecule has 0 amide bonds. The van der Waals surface area contributed by atoms with E-state index in [-0.39, 0.29) is 11.9 Å². The van der Waals surface area contributed by atoms with Gasteiger partial charge in [-0.15, -0.1) is 0 Å². The van der Waals surface area contributed by atoms with Gasteiger partial charge in [0.1, 0.15) is 0 Å². The molecule has 1 aromatic rings. The molecule has 0 spiro atoms. The lowest BCUT2D eigenvalue weighted by molar-refractivity contribution is -0.139. The summed E-state index contributed by atoms with van der Waals surface area (Å²) in [7, 11) is 0. The molecule has 1 rings (SSSR count). The second-order valence-corrected chi connectivity index (χ2v) is 2.74. The first kappa shape index (κ1) is 9.52. The molecule has 13 heavy (non-hydrogen) atoms. The maximum atomic E-state index is 11.3. The summed E-state index contributed by atoms with van der Waals surface area (Å²) in [6.45, 7) is 5.14. The lowest BCUT2D eigenvalue weighted by Gasteiger charge is -2.08. The van der Waals surface area contributed by atoms with E-state index in [1.165, 1.54) is 0 Å². The molecule has 0 aromatic heterocycles. The monoisotopic (exact) mass is 176 g/mol. The Morgan fingerprint density at radius 2 is 2.08 bits per heavy atom. The summed E-state index contributed by atoms with van der Waals surface area (Å²) < 4.78 is 4.68. The normalized spacial score (nSPS) is 11.8. The standard InChI is InChI=1S/C11H12O2/c1-3-13-11(12)9(2)10-7-5-4-6-8-10/h3-9H,1H2,2H3/t9-/m1/s1. The summed E-state index contributed by atoms with van der Waals surface area (Å²) in [5, 5.41) is 0. The smallest absolute Gasteiger partial charge is 0.317 e. The molecule has 1 aromatic carbocycles. The summed E-state index contributed by atoms with van der Waals surface area (Å²) in [5.74, 6) is -0.514. The van der Waals surface area contributed by atoms with Crippen molar-refractivity contribution in [2.45, 2.75) is 12.8 Å². The number of hydrogen-bond donors (Lipinski definition) is 0. The summed E-state index contributed by atoms with van der Waals surface area (Å²) in [6, 6.07) is 9.50. The van der Waals surface area contributed by atoms with Gasteiger partial charge in [-0.2, -0.15) is 0 Å². The molecule has 0 N–H and O–H groups in total. The molecule has 0 fully saturated rings. The minimum absolute atomic E-state index is 0.237. The number of benzene rings is 1. The van der Waals surface area contributed by atoms with Gasteiger partial charge in [0.15, 0.2) is 0 Å². The molecule has 0 unspecified atom stereocenters. The van der Waals surface area contributed by atoms with Crippen molar-refractivity contribution >= 4 is 5.97 Å². The van der Waals surface area contributed by atoms with Crippen LogP contribution in [0.15, 0.2) is 43.2 Å². The van der Waals surface area contributed by atoms with Crippen LogP contribution in [0.1, 0.15) is 18.4 Å². The van der Waals surface area contributed by atoms with E-state index in [1.54, 1.807) is 6.92 Å². The third-order valence-corrected chi connectivity index (χ3v) is 1.85. The summed E-state index contributed by atoms with van der Waals surface area (Å²) in [5.41, 5.74) is 0.953. The zero-order valence-corrected chi connectivity index (χ0v) is 7.57. The Hall–Kier alpha value is -1.57. The van der Waals surface area contributed by atoms with E-state index >= 15 is 0 Å². The third kappa shape index (κ3) is 2.44. The minimum atomic E-state index is -0.277. The first-order valence-corrected chi connectivity index (χ1v) is 4.12. The highest BCUT2D eigenvalue weighted by Crippen LogP contribution is 2.15. The highest BCUT2D eigenvalue weighted by atomic mass is 16.5. The zero-order valence-electron chi connectivity index (χ0n) is 7.57. The molecule has 0 saturated heterocycles. The molecule has 1 atom stereocenters. The van der Waals surface area contributed by atoms with Gasteiger partial charge in [-0.3, -0.25) is 4.79 Å². The van der Waals surface area contributed by atoms with Gasteiger partial charge in [0.25, 0.3) is 0 Å². The highest BCUT2D eigenvalue weighted by Gasteiger charge is 2.14. The van der Waals surface area contributed by atoms with Crippen molar-refractivity contribution in [2.24, 2.45) is 0 Å². The molecule has 68 valence electrons. The van der Waals surface area contributed by atoms with Gasteiger partial charge in [0.2, 0.25) is 0 Å². The Morgan fingerprint density at radius 1 is 1.46 bits per heavy atom. The van der Waals surface area contributed by atoms with Crippen LogP contribution in [0.2, 0.25) is 0 Å². The van der Waals surface area contributed by atoms with E-state index in [0.717, 1.165) is 11.8 Å². The molecular formula is C11H12O2. The Labute approximate surface area is 77.8 Å². The van der Waals surface area contributed by atoms with Gasteiger partial charge in [0, 0.05) is 0 Å². The van der Waals surface area contributed by atoms with Crippen LogP contribution in [0, 0.1) is 0 Å². The third-order valence-electron chi connectivity index (χ3n) is 1.85. The molecule has 0 aliphatic rings. The van der Waals surface area contributed by atoms with Crippen LogP contribution < -0.4 is 0 Å². The average Bonchev–Trinajstić information content (AvgIpc) is 2.18. The fourth-order valence-electron chi connectivity index (χ4n) is 1.06. The summed E-state index contributed by atoms with van der Waals surface area (Å²) in [4.78, 5) is 11.3. The Kier molecular flexibility index (Phi) is 3.26. The van der Waals surface area contributed by atoms with Crippen molar-refractivity contribution in [2.75, 3.05) is 0 Å². The molecule has 2 nitrogen and oxygen atoms in total. The van der Waals surface area contributed by atoms with Crippen molar-refractivity contribution in [3.8, 4) is 0 Å². The van der Waals surface area contributed by atoms with Gasteiger partial charge in [0.05, 0.1) is 12.2 Å². The Balaban J connectivity index is 2.73. The van der Waals surface area contributed by atoms with Crippen LogP contribution in [0.4, 0.5) is 0 Å². The largest absolute Gasteiger partial charge is 0.435 e. The van der Waals surface area contributed by atoms with Crippen LogP contribution in [0.25, 0.3) is 0 Å². The molecule has 0 aliphatic carbocycles. The first-order valence-electron chi connectivity index (χ1n) is 4.12. The zero-order chi connectivity index (χ0) is 9.68. The van der Waals surface area contributed by atoms with Gasteiger partial charge in [-0.25, -0.2) is 0 Å². The van der Waals surface area contributed by atoms with Crippen molar-refractivity contribution in [3.63, 3.8) is 0 Å². The number of carbonyl (C=O) groups excluding carboxylic acids is 1. The van der Waals surface area contributed by atoms with Crippen LogP contribution in [-0.2, 0) is 9.53 Å². The fraction of sp³-hybridized carbons (Fsp3) is 0.182. The molecular weight excluding hydrogens is 164 g/mol. The van der Waals surface area contributed by atoms with E-state index in [1.807, 2.05) is 30.3 Å². The van der Waals surface area contributed by atoms with Gasteiger partial charge in [-0.05, 0) is 12.5 Å². The SMILES string of the molecule is C=COC(=O)[C@H](C)c1ccccc1. The van der Waals surface area contributed by atoms with Crippen molar-refractivity contribution < 1.29 is 9.53 Å². The lowest BCUT2D eigenvalue weighted by atomic mass is 10.0. The van der Waals surface area contributed by atoms with Gasteiger partial charge >= 0.3 is 5.97 Å². The molecule has 0 saturated carbocycles. The quantitative estimate of drug-likeness (QED) is 0.522. The van der Waals surface area contributed by atoms with E-state index < -0.39 is 0 Å². The maximum absolute atomic E-state index is 11.3. The minimum Gasteiger partial charge on any atom is -0.435 e. The van der Waals surface area contributed by atoms with Crippen molar-refractivity contribution in [3.05, 3.63) is 48.7 Å². The first-order chi connectivity index (χ1) is 6.25. The average molecular weight is 176 g/mol. The van der Waals surface area contributed by atoms with E-state index in [0.29, 0.717) is 0 Å². The molecule has 0 radical (unpaired) electrons. The predicted molar refractivity (Wildman–Crippen MR) is 51.1 cm³/mol. The van der Waals surface area contributed by atoms with Crippen LogP contribution in [0.5, 0.6) is 0 Å².